The van der Waals surface area contributed by atoms with E-state index < -0.39 is 11.7 Å². The molecule has 0 atom stereocenters. The summed E-state index contributed by atoms with van der Waals surface area (Å²) < 4.78 is 13.8. The number of nitrogen functional groups attached to an aromatic ring is 1. The number of rotatable bonds is 3. The van der Waals surface area contributed by atoms with Crippen molar-refractivity contribution in [2.24, 2.45) is 5.73 Å². The standard InChI is InChI=1S/C13H11ClFN3O/c14-9-2-1-3-10(12(9)15)18-11-6-7(16)4-5-8(11)13(17)19/h1-6,18H,16H2,(H2,17,19). The van der Waals surface area contributed by atoms with E-state index in [0.29, 0.717) is 11.4 Å². The van der Waals surface area contributed by atoms with Gasteiger partial charge in [0.15, 0.2) is 5.82 Å². The normalized spacial score (nSPS) is 10.2. The molecule has 0 heterocycles. The molecule has 2 aromatic carbocycles. The second-order valence-electron chi connectivity index (χ2n) is 3.90. The van der Waals surface area contributed by atoms with E-state index in [1.54, 1.807) is 12.1 Å². The topological polar surface area (TPSA) is 81.1 Å². The minimum absolute atomic E-state index is 0.0190. The highest BCUT2D eigenvalue weighted by Gasteiger charge is 2.12. The predicted octanol–water partition coefficient (Wildman–Crippen LogP) is 2.90. The first-order valence-corrected chi connectivity index (χ1v) is 5.77. The van der Waals surface area contributed by atoms with Gasteiger partial charge >= 0.3 is 0 Å². The highest BCUT2D eigenvalue weighted by molar-refractivity contribution is 6.31. The molecule has 0 radical (unpaired) electrons. The predicted molar refractivity (Wildman–Crippen MR) is 74.1 cm³/mol. The molecule has 2 aromatic rings. The van der Waals surface area contributed by atoms with E-state index in [1.165, 1.54) is 24.3 Å². The zero-order valence-electron chi connectivity index (χ0n) is 9.78. The van der Waals surface area contributed by atoms with Crippen molar-refractivity contribution in [3.05, 3.63) is 52.8 Å². The molecular formula is C13H11ClFN3O. The third kappa shape index (κ3) is 2.77. The van der Waals surface area contributed by atoms with Gasteiger partial charge in [-0.2, -0.15) is 0 Å². The molecule has 0 saturated heterocycles. The maximum Gasteiger partial charge on any atom is 0.250 e. The van der Waals surface area contributed by atoms with E-state index in [4.69, 9.17) is 23.1 Å². The summed E-state index contributed by atoms with van der Waals surface area (Å²) in [6.07, 6.45) is 0. The molecule has 98 valence electrons. The molecule has 5 N–H and O–H groups in total. The number of nitrogens with two attached hydrogens (primary N) is 2. The first-order valence-electron chi connectivity index (χ1n) is 5.39. The van der Waals surface area contributed by atoms with E-state index in [0.717, 1.165) is 0 Å². The highest BCUT2D eigenvalue weighted by Crippen LogP contribution is 2.28. The van der Waals surface area contributed by atoms with E-state index in [2.05, 4.69) is 5.32 Å². The Morgan fingerprint density at radius 3 is 2.63 bits per heavy atom. The number of amides is 1. The molecule has 0 fully saturated rings. The van der Waals surface area contributed by atoms with Crippen molar-refractivity contribution in [2.75, 3.05) is 11.1 Å². The molecule has 0 aliphatic heterocycles. The SMILES string of the molecule is NC(=O)c1ccc(N)cc1Nc1cccc(Cl)c1F. The number of hydrogen-bond acceptors (Lipinski definition) is 3. The smallest absolute Gasteiger partial charge is 0.250 e. The van der Waals surface area contributed by atoms with Gasteiger partial charge in [0.2, 0.25) is 0 Å². The van der Waals surface area contributed by atoms with Crippen molar-refractivity contribution < 1.29 is 9.18 Å². The van der Waals surface area contributed by atoms with Gasteiger partial charge in [0.25, 0.3) is 5.91 Å². The number of benzene rings is 2. The molecule has 2 rings (SSSR count). The van der Waals surface area contributed by atoms with Crippen LogP contribution in [0.2, 0.25) is 5.02 Å². The Balaban J connectivity index is 2.45. The van der Waals surface area contributed by atoms with Gasteiger partial charge in [0, 0.05) is 5.69 Å². The monoisotopic (exact) mass is 279 g/mol. The minimum Gasteiger partial charge on any atom is -0.399 e. The van der Waals surface area contributed by atoms with Crippen LogP contribution in [-0.4, -0.2) is 5.91 Å². The van der Waals surface area contributed by atoms with E-state index >= 15 is 0 Å². The number of nitrogens with one attached hydrogen (secondary N) is 1. The number of carbonyl (C=O) groups excluding carboxylic acids is 1. The van der Waals surface area contributed by atoms with Crippen LogP contribution in [0.4, 0.5) is 21.5 Å². The van der Waals surface area contributed by atoms with Crippen molar-refractivity contribution in [3.63, 3.8) is 0 Å². The van der Waals surface area contributed by atoms with Crippen LogP contribution in [-0.2, 0) is 0 Å². The number of anilines is 3. The first kappa shape index (κ1) is 13.2. The third-order valence-electron chi connectivity index (χ3n) is 2.53. The van der Waals surface area contributed by atoms with E-state index in [1.807, 2.05) is 0 Å². The van der Waals surface area contributed by atoms with Crippen LogP contribution in [0.1, 0.15) is 10.4 Å². The molecule has 1 amide bonds. The fourth-order valence-corrected chi connectivity index (χ4v) is 1.80. The van der Waals surface area contributed by atoms with Crippen molar-refractivity contribution in [3.8, 4) is 0 Å². The molecule has 4 nitrogen and oxygen atoms in total. The number of halogens is 2. The summed E-state index contributed by atoms with van der Waals surface area (Å²) >= 11 is 5.68. The van der Waals surface area contributed by atoms with Gasteiger partial charge in [-0.05, 0) is 30.3 Å². The molecule has 0 unspecified atom stereocenters. The largest absolute Gasteiger partial charge is 0.399 e. The minimum atomic E-state index is -0.634. The van der Waals surface area contributed by atoms with Gasteiger partial charge in [-0.1, -0.05) is 17.7 Å². The maximum atomic E-state index is 13.8. The quantitative estimate of drug-likeness (QED) is 0.756. The molecule has 0 saturated carbocycles. The lowest BCUT2D eigenvalue weighted by atomic mass is 10.1. The lowest BCUT2D eigenvalue weighted by Gasteiger charge is -2.12. The Morgan fingerprint density at radius 2 is 1.95 bits per heavy atom. The van der Waals surface area contributed by atoms with Gasteiger partial charge in [-0.3, -0.25) is 4.79 Å². The van der Waals surface area contributed by atoms with Crippen molar-refractivity contribution in [2.45, 2.75) is 0 Å². The average molecular weight is 280 g/mol. The highest BCUT2D eigenvalue weighted by atomic mass is 35.5. The maximum absolute atomic E-state index is 13.8. The van der Waals surface area contributed by atoms with E-state index in [9.17, 15) is 9.18 Å². The molecular weight excluding hydrogens is 269 g/mol. The third-order valence-corrected chi connectivity index (χ3v) is 2.82. The Bertz CT molecular complexity index is 646. The summed E-state index contributed by atoms with van der Waals surface area (Å²) in [4.78, 5) is 11.3. The summed E-state index contributed by atoms with van der Waals surface area (Å²) in [6.45, 7) is 0. The summed E-state index contributed by atoms with van der Waals surface area (Å²) in [5, 5.41) is 2.74. The zero-order chi connectivity index (χ0) is 14.0. The van der Waals surface area contributed by atoms with Crippen LogP contribution in [0.15, 0.2) is 36.4 Å². The Hall–Kier alpha value is -2.27. The summed E-state index contributed by atoms with van der Waals surface area (Å²) in [6, 6.07) is 9.03. The molecule has 19 heavy (non-hydrogen) atoms. The van der Waals surface area contributed by atoms with Crippen LogP contribution in [0.25, 0.3) is 0 Å². The molecule has 6 heteroatoms. The van der Waals surface area contributed by atoms with Gasteiger partial charge in [0.1, 0.15) is 0 Å². The molecule has 0 aliphatic carbocycles. The summed E-state index contributed by atoms with van der Waals surface area (Å²) in [5.41, 5.74) is 12.0. The summed E-state index contributed by atoms with van der Waals surface area (Å²) in [7, 11) is 0. The fourth-order valence-electron chi connectivity index (χ4n) is 1.63. The first-order chi connectivity index (χ1) is 8.99. The fraction of sp³-hybridized carbons (Fsp3) is 0. The van der Waals surface area contributed by atoms with Gasteiger partial charge < -0.3 is 16.8 Å². The van der Waals surface area contributed by atoms with Crippen molar-refractivity contribution in [1.82, 2.24) is 0 Å². The molecule has 0 spiro atoms. The van der Waals surface area contributed by atoms with Gasteiger partial charge in [0.05, 0.1) is 22.0 Å². The average Bonchev–Trinajstić information content (AvgIpc) is 2.35. The van der Waals surface area contributed by atoms with E-state index in [-0.39, 0.29) is 16.3 Å². The van der Waals surface area contributed by atoms with Crippen LogP contribution in [0, 0.1) is 5.82 Å². The number of primary amides is 1. The Morgan fingerprint density at radius 1 is 1.21 bits per heavy atom. The molecule has 0 aliphatic rings. The van der Waals surface area contributed by atoms with Crippen molar-refractivity contribution in [1.29, 1.82) is 0 Å². The van der Waals surface area contributed by atoms with Gasteiger partial charge in [-0.15, -0.1) is 0 Å². The lowest BCUT2D eigenvalue weighted by molar-refractivity contribution is 0.100. The summed E-state index contributed by atoms with van der Waals surface area (Å²) in [5.74, 6) is -1.24. The number of carbonyl (C=O) groups is 1. The van der Waals surface area contributed by atoms with Crippen LogP contribution < -0.4 is 16.8 Å². The van der Waals surface area contributed by atoms with Gasteiger partial charge in [-0.25, -0.2) is 4.39 Å². The van der Waals surface area contributed by atoms with Crippen molar-refractivity contribution >= 4 is 34.6 Å². The molecule has 0 bridgehead atoms. The van der Waals surface area contributed by atoms with Crippen LogP contribution in [0.3, 0.4) is 0 Å². The zero-order valence-corrected chi connectivity index (χ0v) is 10.5. The Kier molecular flexibility index (Phi) is 3.57. The Labute approximate surface area is 114 Å². The molecule has 0 aromatic heterocycles. The second-order valence-corrected chi connectivity index (χ2v) is 4.30. The van der Waals surface area contributed by atoms with Crippen LogP contribution >= 0.6 is 11.6 Å². The van der Waals surface area contributed by atoms with Crippen LogP contribution in [0.5, 0.6) is 0 Å². The lowest BCUT2D eigenvalue weighted by Crippen LogP contribution is -2.13. The number of hydrogen-bond donors (Lipinski definition) is 3. The second kappa shape index (κ2) is 5.16.